The van der Waals surface area contributed by atoms with Gasteiger partial charge >= 0.3 is 48.1 Å². The Morgan fingerprint density at radius 3 is 0.743 bits per heavy atom. The lowest BCUT2D eigenvalue weighted by molar-refractivity contribution is -0.168. The number of ether oxygens (including phenoxy) is 9. The first-order valence-electron chi connectivity index (χ1n) is 43.3. The van der Waals surface area contributed by atoms with Crippen LogP contribution >= 0.6 is 15.9 Å². The molecule has 0 aliphatic heterocycles. The van der Waals surface area contributed by atoms with Gasteiger partial charge in [-0.2, -0.15) is 26.3 Å². The van der Waals surface area contributed by atoms with Gasteiger partial charge in [-0.3, -0.25) is 33.6 Å². The van der Waals surface area contributed by atoms with Crippen molar-refractivity contribution in [2.75, 3.05) is 0 Å². The first kappa shape index (κ1) is 122. The van der Waals surface area contributed by atoms with Crippen LogP contribution in [0.3, 0.4) is 0 Å². The van der Waals surface area contributed by atoms with E-state index < -0.39 is 240 Å². The molecule has 0 radical (unpaired) electrons. The molecule has 0 aliphatic carbocycles. The summed E-state index contributed by atoms with van der Waals surface area (Å²) >= 11 is 3.35. The van der Waals surface area contributed by atoms with Gasteiger partial charge in [0.1, 0.15) is 54.3 Å². The summed E-state index contributed by atoms with van der Waals surface area (Å²) in [5.41, 5.74) is -14.3. The van der Waals surface area contributed by atoms with E-state index in [4.69, 9.17) is 53.5 Å². The second-order valence-corrected chi connectivity index (χ2v) is 41.8. The SMILES string of the molecule is CC(C)(C)OC(=O)N[C@@](C)(C(=O)C(C)(C)Br)C(C)(C)C(=O)OCc1ccccc1.CC(C)(C)OC(=O)N[C@@](C)(C(=O)O)C(C)(C)C(=O)OCc1ccccc1.Cc1c(F)c(F)c(O)c(F)c1F.Cc1c(F)c(F)c(OC(C)(C)C(=O)[C@](C)(N)C(C)(C)C(=O)OCc2ccccc2)c(F)c1F.Cc1c(F)c(F)c(OC(C)(C)C(=O)[C@](C)(NC(=O)OC(C)(C)C)C(C)(C)C(=O)OCc2ccccc2)c(F)c1F. The molecular weight excluding hydrogens is 1930 g/mol. The molecule has 7 aromatic rings. The molecule has 0 heterocycles. The number of alkyl halides is 1. The number of esters is 4. The molecule has 4 atom stereocenters. The normalized spacial score (nSPS) is 13.7. The summed E-state index contributed by atoms with van der Waals surface area (Å²) in [6.45, 7) is 41.6. The number of carbonyl (C=O) groups is 11. The van der Waals surface area contributed by atoms with Crippen LogP contribution in [0.2, 0.25) is 0 Å². The van der Waals surface area contributed by atoms with E-state index in [1.54, 1.807) is 175 Å². The number of amides is 3. The number of nitrogens with one attached hydrogen (secondary N) is 3. The van der Waals surface area contributed by atoms with E-state index in [1.807, 2.05) is 36.4 Å². The molecule has 7 aromatic carbocycles. The number of aromatic hydroxyl groups is 1. The van der Waals surface area contributed by atoms with Gasteiger partial charge in [-0.05, 0) is 230 Å². The number of carboxylic acids is 1. The van der Waals surface area contributed by atoms with Crippen LogP contribution in [0.5, 0.6) is 17.2 Å². The summed E-state index contributed by atoms with van der Waals surface area (Å²) in [6, 6.07) is 35.7. The number of phenolic OH excluding ortho intramolecular Hbond substituents is 1. The summed E-state index contributed by atoms with van der Waals surface area (Å²) in [7, 11) is 0. The molecule has 0 aromatic heterocycles. The van der Waals surface area contributed by atoms with Crippen molar-refractivity contribution in [3.05, 3.63) is 230 Å². The van der Waals surface area contributed by atoms with E-state index in [1.165, 1.54) is 69.2 Å². The van der Waals surface area contributed by atoms with E-state index in [2.05, 4.69) is 31.9 Å². The summed E-state index contributed by atoms with van der Waals surface area (Å²) in [4.78, 5) is 142. The average Bonchev–Trinajstić information content (AvgIpc) is 0.777. The molecule has 0 saturated heterocycles. The van der Waals surface area contributed by atoms with Crippen molar-refractivity contribution >= 4 is 81.4 Å². The summed E-state index contributed by atoms with van der Waals surface area (Å²) in [5, 5.41) is 25.5. The number of hydrogen-bond acceptors (Lipinski definition) is 22. The van der Waals surface area contributed by atoms with Gasteiger partial charge in [0, 0.05) is 16.7 Å². The monoisotopic (exact) mass is 2050 g/mol. The predicted molar refractivity (Wildman–Crippen MR) is 496 cm³/mol. The van der Waals surface area contributed by atoms with Gasteiger partial charge in [-0.25, -0.2) is 45.5 Å². The molecule has 7 N–H and O–H groups in total. The molecule has 0 bridgehead atoms. The smallest absolute Gasteiger partial charge is 0.408 e. The van der Waals surface area contributed by atoms with Gasteiger partial charge in [0.05, 0.1) is 31.5 Å². The fraction of sp³-hybridized carbons (Fsp3) is 0.475. The van der Waals surface area contributed by atoms with Crippen molar-refractivity contribution in [1.82, 2.24) is 16.0 Å². The number of alkyl carbamates (subject to hydrolysis) is 3. The van der Waals surface area contributed by atoms with Gasteiger partial charge in [0.2, 0.25) is 40.7 Å². The van der Waals surface area contributed by atoms with Crippen LogP contribution in [0.4, 0.5) is 67.1 Å². The lowest BCUT2D eigenvalue weighted by Crippen LogP contribution is -2.69. The highest BCUT2D eigenvalue weighted by Crippen LogP contribution is 2.44. The van der Waals surface area contributed by atoms with Crippen LogP contribution in [-0.4, -0.2) is 130 Å². The number of benzene rings is 7. The van der Waals surface area contributed by atoms with Crippen molar-refractivity contribution in [1.29, 1.82) is 0 Å². The minimum absolute atomic E-state index is 0.00520. The molecule has 3 amide bonds. The van der Waals surface area contributed by atoms with Gasteiger partial charge < -0.3 is 74.5 Å². The Hall–Kier alpha value is -12.3. The number of ketones is 3. The Balaban J connectivity index is 0.000000465. The molecule has 7 rings (SSSR count). The standard InChI is InChI=1S/C29H35F4NO6.C24H27F4NO4.C22H32BrNO5.C19H27NO6.C7H4F4O/c1-16-18(30)20(32)22(21(33)19(16)31)39-28(7,8)23(35)29(9,34-25(37)40-26(2,3)4)27(5,6)24(36)38-15-17-13-11-10-12-14-17;1-13-15(25)17(27)19(18(28)16(13)26)33-23(4,5)20(30)24(6,29)22(2,3)21(31)32-12-14-10-8-7-9-11-14;1-19(2,3)29-18(27)24-22(8,16(25)21(6,7)23)20(4,5)17(26)28-14-15-12-10-9-11-13-15;1-17(2,3)26-16(24)20-19(6,14(21)22)18(4,5)15(23)25-12-13-10-8-7-9-11-13;1-2-3(8)5(10)7(12)6(11)4(2)9/h10-14H,15H2,1-9H3,(H,34,37);7-11H,12,29H2,1-6H3;9-13H,14H2,1-8H3,(H,24,27);7-11H,12H2,1-6H3,(H,20,24)(H,21,22);12H,1H3/t29-;24-;22-;19-;/m0000./s1. The average molecular weight is 2050 g/mol. The minimum Gasteiger partial charge on any atom is -0.503 e. The molecule has 0 saturated carbocycles. The van der Waals surface area contributed by atoms with Gasteiger partial charge in [0.25, 0.3) is 0 Å². The molecule has 39 heteroatoms. The Morgan fingerprint density at radius 2 is 0.514 bits per heavy atom. The van der Waals surface area contributed by atoms with Gasteiger partial charge in [-0.1, -0.05) is 137 Å². The van der Waals surface area contributed by atoms with Crippen LogP contribution in [0.1, 0.15) is 226 Å². The fourth-order valence-electron chi connectivity index (χ4n) is 12.5. The van der Waals surface area contributed by atoms with Crippen LogP contribution < -0.4 is 31.2 Å². The Labute approximate surface area is 815 Å². The number of halogens is 13. The van der Waals surface area contributed by atoms with E-state index in [0.29, 0.717) is 11.1 Å². The molecule has 0 unspecified atom stereocenters. The fourth-order valence-corrected chi connectivity index (χ4v) is 12.9. The quantitative estimate of drug-likeness (QED) is 0.00800. The number of Topliss-reactive ketones (excluding diaryl/α,β-unsaturated/α-hetero) is 3. The lowest BCUT2D eigenvalue weighted by Gasteiger charge is -2.44. The number of nitrogens with two attached hydrogens (primary N) is 1. The third-order valence-electron chi connectivity index (χ3n) is 22.7. The topological polar surface area (TPSA) is 373 Å². The predicted octanol–water partition coefficient (Wildman–Crippen LogP) is 21.3. The van der Waals surface area contributed by atoms with Crippen LogP contribution in [0.25, 0.3) is 0 Å². The van der Waals surface area contributed by atoms with Crippen LogP contribution in [0, 0.1) is 112 Å². The number of carboxylic acid groups (broad SMARTS) is 1. The van der Waals surface area contributed by atoms with E-state index >= 15 is 0 Å². The lowest BCUT2D eigenvalue weighted by atomic mass is 9.67. The summed E-state index contributed by atoms with van der Waals surface area (Å²) in [6.07, 6.45) is -2.80. The number of carbonyl (C=O) groups excluding carboxylic acids is 10. The Kier molecular flexibility index (Phi) is 40.8. The Bertz CT molecular complexity index is 5480. The number of phenols is 1. The van der Waals surface area contributed by atoms with Gasteiger partial charge in [0.15, 0.2) is 80.5 Å². The maximum atomic E-state index is 14.6. The zero-order valence-electron chi connectivity index (χ0n) is 83.9. The minimum atomic E-state index is -2.25. The van der Waals surface area contributed by atoms with Crippen LogP contribution in [-0.2, 0) is 97.9 Å². The molecule has 140 heavy (non-hydrogen) atoms. The molecular formula is C101H125BrF12N4O22. The van der Waals surface area contributed by atoms with Crippen molar-refractivity contribution in [2.45, 2.75) is 289 Å². The largest absolute Gasteiger partial charge is 0.503 e. The highest BCUT2D eigenvalue weighted by Gasteiger charge is 2.62. The highest BCUT2D eigenvalue weighted by atomic mass is 79.9. The van der Waals surface area contributed by atoms with Crippen molar-refractivity contribution in [2.24, 2.45) is 27.4 Å². The third-order valence-corrected chi connectivity index (χ3v) is 23.1. The van der Waals surface area contributed by atoms with E-state index in [-0.39, 0.29) is 32.2 Å². The summed E-state index contributed by atoms with van der Waals surface area (Å²) < 4.78 is 211. The van der Waals surface area contributed by atoms with Crippen molar-refractivity contribution in [3.63, 3.8) is 0 Å². The summed E-state index contributed by atoms with van der Waals surface area (Å²) in [5.74, 6) is -32.0. The van der Waals surface area contributed by atoms with Gasteiger partial charge in [-0.15, -0.1) is 0 Å². The molecule has 26 nitrogen and oxygen atoms in total. The van der Waals surface area contributed by atoms with E-state index in [9.17, 15) is 111 Å². The molecule has 0 fully saturated rings. The van der Waals surface area contributed by atoms with Crippen molar-refractivity contribution in [3.8, 4) is 17.2 Å². The second-order valence-electron chi connectivity index (χ2n) is 39.8. The van der Waals surface area contributed by atoms with Crippen molar-refractivity contribution < 1.29 is 158 Å². The molecule has 772 valence electrons. The number of hydrogen-bond donors (Lipinski definition) is 6. The zero-order chi connectivity index (χ0) is 109. The highest BCUT2D eigenvalue weighted by molar-refractivity contribution is 9.10. The Morgan fingerprint density at radius 1 is 0.307 bits per heavy atom. The zero-order valence-corrected chi connectivity index (χ0v) is 85.5. The maximum Gasteiger partial charge on any atom is 0.408 e. The third kappa shape index (κ3) is 30.4. The first-order valence-corrected chi connectivity index (χ1v) is 44.1. The van der Waals surface area contributed by atoms with Crippen LogP contribution in [0.15, 0.2) is 121 Å². The number of rotatable bonds is 30. The first-order chi connectivity index (χ1) is 63.5. The molecule has 0 spiro atoms. The molecule has 0 aliphatic rings. The van der Waals surface area contributed by atoms with E-state index in [0.717, 1.165) is 59.6 Å². The number of aliphatic carboxylic acids is 1. The maximum absolute atomic E-state index is 14.6. The second kappa shape index (κ2) is 46.9.